The molecule has 0 aromatic rings. The molecule has 0 heterocycles. The van der Waals surface area contributed by atoms with Crippen LogP contribution in [0.15, 0.2) is 35.6 Å². The lowest BCUT2D eigenvalue weighted by molar-refractivity contribution is -0.0446. The first kappa shape index (κ1) is 17.6. The van der Waals surface area contributed by atoms with E-state index >= 15 is 0 Å². The summed E-state index contributed by atoms with van der Waals surface area (Å²) in [7, 11) is 1.69. The van der Waals surface area contributed by atoms with Crippen LogP contribution in [0.3, 0.4) is 0 Å². The molecule has 0 radical (unpaired) electrons. The van der Waals surface area contributed by atoms with Gasteiger partial charge in [-0.3, -0.25) is 0 Å². The van der Waals surface area contributed by atoms with Gasteiger partial charge in [0.05, 0.1) is 17.6 Å². The predicted octanol–water partition coefficient (Wildman–Crippen LogP) is 3.62. The molecule has 20 heavy (non-hydrogen) atoms. The lowest BCUT2D eigenvalue weighted by atomic mass is 10.1. The Morgan fingerprint density at radius 3 is 2.50 bits per heavy atom. The summed E-state index contributed by atoms with van der Waals surface area (Å²) in [6, 6.07) is 1.16. The third-order valence-electron chi connectivity index (χ3n) is 4.29. The molecule has 0 spiro atoms. The summed E-state index contributed by atoms with van der Waals surface area (Å²) in [5, 5.41) is 1.66. The molecule has 1 atom stereocenters. The minimum absolute atomic E-state index is 0.0342. The van der Waals surface area contributed by atoms with Crippen molar-refractivity contribution in [2.75, 3.05) is 14.2 Å². The smallest absolute Gasteiger partial charge is 0.134 e. The second-order valence-electron chi connectivity index (χ2n) is 6.13. The van der Waals surface area contributed by atoms with Crippen LogP contribution < -0.4 is 0 Å². The standard InChI is InChI=1S/C16H30O2Si2/c1-7-12-20(5,6)15-11-9-10-13(15)14(8-2)19-16(17-3)18-4/h7,10-11,14,16H,1,8-9,12,19H2,2-6H3. The number of methoxy groups -OCH3 is 2. The first-order chi connectivity index (χ1) is 9.50. The second kappa shape index (κ2) is 8.12. The second-order valence-corrected chi connectivity index (χ2v) is 13.0. The molecule has 0 fully saturated rings. The van der Waals surface area contributed by atoms with E-state index in [0.29, 0.717) is 5.54 Å². The summed E-state index contributed by atoms with van der Waals surface area (Å²) in [5.41, 5.74) is 2.28. The molecule has 1 unspecified atom stereocenters. The van der Waals surface area contributed by atoms with Crippen molar-refractivity contribution in [1.82, 2.24) is 0 Å². The fraction of sp³-hybridized carbons (Fsp3) is 0.625. The van der Waals surface area contributed by atoms with Crippen molar-refractivity contribution in [2.24, 2.45) is 0 Å². The maximum atomic E-state index is 5.45. The third-order valence-corrected chi connectivity index (χ3v) is 10.2. The van der Waals surface area contributed by atoms with Crippen molar-refractivity contribution in [2.45, 2.75) is 50.4 Å². The van der Waals surface area contributed by atoms with Crippen LogP contribution in [0.25, 0.3) is 0 Å². The molecule has 1 aliphatic carbocycles. The van der Waals surface area contributed by atoms with Crippen molar-refractivity contribution in [3.8, 4) is 0 Å². The molecular formula is C16H30O2Si2. The topological polar surface area (TPSA) is 18.5 Å². The van der Waals surface area contributed by atoms with Crippen LogP contribution in [0.2, 0.25) is 24.7 Å². The molecule has 0 amide bonds. The number of hydrogen-bond donors (Lipinski definition) is 0. The molecule has 0 saturated carbocycles. The van der Waals surface area contributed by atoms with Crippen molar-refractivity contribution in [3.05, 3.63) is 35.6 Å². The van der Waals surface area contributed by atoms with Gasteiger partial charge < -0.3 is 9.47 Å². The van der Waals surface area contributed by atoms with E-state index in [2.05, 4.69) is 44.8 Å². The van der Waals surface area contributed by atoms with E-state index in [0.717, 1.165) is 12.5 Å². The SMILES string of the molecule is C=CC[Si](C)(C)C1=CCC=C1C(CC)[SiH2]C(OC)OC. The Balaban J connectivity index is 2.87. The minimum Gasteiger partial charge on any atom is -0.360 e. The van der Waals surface area contributed by atoms with Gasteiger partial charge in [-0.25, -0.2) is 0 Å². The Kier molecular flexibility index (Phi) is 7.16. The van der Waals surface area contributed by atoms with Crippen LogP contribution in [-0.4, -0.2) is 37.7 Å². The molecule has 2 nitrogen and oxygen atoms in total. The predicted molar refractivity (Wildman–Crippen MR) is 93.7 cm³/mol. The highest BCUT2D eigenvalue weighted by molar-refractivity contribution is 6.85. The van der Waals surface area contributed by atoms with Crippen molar-refractivity contribution >= 4 is 17.6 Å². The highest BCUT2D eigenvalue weighted by atomic mass is 28.3. The molecule has 0 bridgehead atoms. The fourth-order valence-electron chi connectivity index (χ4n) is 3.09. The Morgan fingerprint density at radius 1 is 1.35 bits per heavy atom. The van der Waals surface area contributed by atoms with Crippen LogP contribution in [0.4, 0.5) is 0 Å². The Labute approximate surface area is 127 Å². The van der Waals surface area contributed by atoms with E-state index < -0.39 is 17.6 Å². The average Bonchev–Trinajstić information content (AvgIpc) is 2.90. The summed E-state index contributed by atoms with van der Waals surface area (Å²) in [6.07, 6.45) is 9.28. The van der Waals surface area contributed by atoms with Crippen LogP contribution in [0.1, 0.15) is 19.8 Å². The zero-order valence-corrected chi connectivity index (χ0v) is 16.2. The van der Waals surface area contributed by atoms with E-state index in [1.807, 2.05) is 0 Å². The number of rotatable bonds is 9. The van der Waals surface area contributed by atoms with E-state index in [9.17, 15) is 0 Å². The molecule has 0 saturated heterocycles. The molecule has 4 heteroatoms. The van der Waals surface area contributed by atoms with Gasteiger partial charge in [-0.1, -0.05) is 55.4 Å². The normalized spacial score (nSPS) is 17.7. The van der Waals surface area contributed by atoms with E-state index in [-0.39, 0.29) is 5.91 Å². The van der Waals surface area contributed by atoms with Gasteiger partial charge in [0.15, 0.2) is 0 Å². The Morgan fingerprint density at radius 2 is 2.00 bits per heavy atom. The van der Waals surface area contributed by atoms with Crippen molar-refractivity contribution in [1.29, 1.82) is 0 Å². The van der Waals surface area contributed by atoms with E-state index in [4.69, 9.17) is 9.47 Å². The van der Waals surface area contributed by atoms with E-state index in [1.54, 1.807) is 25.0 Å². The Bertz CT molecular complexity index is 382. The Hall–Kier alpha value is -0.426. The summed E-state index contributed by atoms with van der Waals surface area (Å²) in [6.45, 7) is 11.1. The molecular weight excluding hydrogens is 280 g/mol. The van der Waals surface area contributed by atoms with Gasteiger partial charge in [0.2, 0.25) is 0 Å². The summed E-state index contributed by atoms with van der Waals surface area (Å²) in [4.78, 5) is 0. The van der Waals surface area contributed by atoms with Crippen molar-refractivity contribution in [3.63, 3.8) is 0 Å². The van der Waals surface area contributed by atoms with Gasteiger partial charge in [-0.15, -0.1) is 6.58 Å². The van der Waals surface area contributed by atoms with Gasteiger partial charge in [0.1, 0.15) is 5.91 Å². The largest absolute Gasteiger partial charge is 0.360 e. The lowest BCUT2D eigenvalue weighted by Crippen LogP contribution is -2.32. The number of ether oxygens (including phenoxy) is 2. The number of hydrogen-bond acceptors (Lipinski definition) is 2. The number of allylic oxidation sites excluding steroid dienone is 5. The monoisotopic (exact) mass is 310 g/mol. The van der Waals surface area contributed by atoms with Crippen LogP contribution in [0, 0.1) is 0 Å². The van der Waals surface area contributed by atoms with Crippen molar-refractivity contribution < 1.29 is 9.47 Å². The third kappa shape index (κ3) is 4.28. The van der Waals surface area contributed by atoms with Gasteiger partial charge in [-0.05, 0) is 18.0 Å². The molecule has 0 aromatic carbocycles. The maximum Gasteiger partial charge on any atom is 0.134 e. The van der Waals surface area contributed by atoms with Gasteiger partial charge in [0, 0.05) is 14.2 Å². The van der Waals surface area contributed by atoms with E-state index in [1.165, 1.54) is 6.42 Å². The molecule has 1 aliphatic rings. The van der Waals surface area contributed by atoms with Gasteiger partial charge >= 0.3 is 0 Å². The van der Waals surface area contributed by atoms with Gasteiger partial charge in [-0.2, -0.15) is 0 Å². The van der Waals surface area contributed by atoms with Crippen LogP contribution in [0.5, 0.6) is 0 Å². The fourth-order valence-corrected chi connectivity index (χ4v) is 7.82. The highest BCUT2D eigenvalue weighted by Gasteiger charge is 2.32. The molecule has 0 aromatic heterocycles. The highest BCUT2D eigenvalue weighted by Crippen LogP contribution is 2.39. The quantitative estimate of drug-likeness (QED) is 0.368. The molecule has 0 N–H and O–H groups in total. The lowest BCUT2D eigenvalue weighted by Gasteiger charge is -2.30. The zero-order valence-electron chi connectivity index (χ0n) is 13.7. The molecule has 0 aliphatic heterocycles. The molecule has 114 valence electrons. The summed E-state index contributed by atoms with van der Waals surface area (Å²) >= 11 is 0. The average molecular weight is 311 g/mol. The zero-order chi connectivity index (χ0) is 15.2. The maximum absolute atomic E-state index is 5.45. The summed E-state index contributed by atoms with van der Waals surface area (Å²) < 4.78 is 10.9. The van der Waals surface area contributed by atoms with Gasteiger partial charge in [0.25, 0.3) is 0 Å². The van der Waals surface area contributed by atoms with Crippen LogP contribution in [-0.2, 0) is 9.47 Å². The first-order valence-corrected chi connectivity index (χ1v) is 12.4. The van der Waals surface area contributed by atoms with Crippen LogP contribution >= 0.6 is 0 Å². The molecule has 1 rings (SSSR count). The minimum atomic E-state index is -1.37. The first-order valence-electron chi connectivity index (χ1n) is 7.57. The summed E-state index contributed by atoms with van der Waals surface area (Å²) in [5.74, 6) is 0.0342.